The van der Waals surface area contributed by atoms with Gasteiger partial charge in [0.15, 0.2) is 0 Å². The lowest BCUT2D eigenvalue weighted by molar-refractivity contribution is 0.719. The average Bonchev–Trinajstić information content (AvgIpc) is 3.03. The van der Waals surface area contributed by atoms with Crippen molar-refractivity contribution in [1.82, 2.24) is 0 Å². The van der Waals surface area contributed by atoms with Crippen LogP contribution in [0.15, 0.2) is 22.7 Å². The SMILES string of the molecule is Brc1ccc2c(c1)N(CC1CC1)CCN2. The van der Waals surface area contributed by atoms with Crippen molar-refractivity contribution in [3.05, 3.63) is 22.7 Å². The highest BCUT2D eigenvalue weighted by Crippen LogP contribution is 2.36. The van der Waals surface area contributed by atoms with Crippen LogP contribution in [0.5, 0.6) is 0 Å². The van der Waals surface area contributed by atoms with Crippen LogP contribution in [0.1, 0.15) is 12.8 Å². The van der Waals surface area contributed by atoms with Gasteiger partial charge in [-0.2, -0.15) is 0 Å². The lowest BCUT2D eigenvalue weighted by atomic mass is 10.2. The van der Waals surface area contributed by atoms with Gasteiger partial charge in [0.25, 0.3) is 0 Å². The van der Waals surface area contributed by atoms with Crippen LogP contribution >= 0.6 is 15.9 Å². The Morgan fingerprint density at radius 1 is 1.40 bits per heavy atom. The van der Waals surface area contributed by atoms with Crippen LogP contribution in [0.25, 0.3) is 0 Å². The van der Waals surface area contributed by atoms with Crippen molar-refractivity contribution in [1.29, 1.82) is 0 Å². The lowest BCUT2D eigenvalue weighted by Crippen LogP contribution is -2.35. The van der Waals surface area contributed by atoms with Crippen LogP contribution in [-0.4, -0.2) is 19.6 Å². The summed E-state index contributed by atoms with van der Waals surface area (Å²) in [7, 11) is 0. The van der Waals surface area contributed by atoms with E-state index in [0.29, 0.717) is 0 Å². The van der Waals surface area contributed by atoms with E-state index in [1.165, 1.54) is 35.2 Å². The molecule has 1 aromatic carbocycles. The number of benzene rings is 1. The summed E-state index contributed by atoms with van der Waals surface area (Å²) in [5.41, 5.74) is 2.65. The molecule has 15 heavy (non-hydrogen) atoms. The summed E-state index contributed by atoms with van der Waals surface area (Å²) in [6, 6.07) is 6.49. The Balaban J connectivity index is 1.89. The maximum atomic E-state index is 3.55. The first-order valence-corrected chi connectivity index (χ1v) is 6.40. The summed E-state index contributed by atoms with van der Waals surface area (Å²) >= 11 is 3.55. The Kier molecular flexibility index (Phi) is 2.35. The first-order valence-electron chi connectivity index (χ1n) is 5.61. The summed E-state index contributed by atoms with van der Waals surface area (Å²) in [4.78, 5) is 2.52. The maximum absolute atomic E-state index is 3.55. The van der Waals surface area contributed by atoms with Crippen molar-refractivity contribution in [3.63, 3.8) is 0 Å². The fourth-order valence-corrected chi connectivity index (χ4v) is 2.51. The number of halogens is 1. The third-order valence-electron chi connectivity index (χ3n) is 3.17. The number of nitrogens with zero attached hydrogens (tertiary/aromatic N) is 1. The second-order valence-electron chi connectivity index (χ2n) is 4.48. The molecule has 2 aliphatic rings. The van der Waals surface area contributed by atoms with Crippen LogP contribution < -0.4 is 10.2 Å². The van der Waals surface area contributed by atoms with Crippen molar-refractivity contribution in [3.8, 4) is 0 Å². The van der Waals surface area contributed by atoms with E-state index in [1.54, 1.807) is 0 Å². The standard InChI is InChI=1S/C12H15BrN2/c13-10-3-4-11-12(7-10)15(6-5-14-11)8-9-1-2-9/h3-4,7,9,14H,1-2,5-6,8H2. The topological polar surface area (TPSA) is 15.3 Å². The Bertz CT molecular complexity index is 374. The number of nitrogens with one attached hydrogen (secondary N) is 1. The molecule has 0 radical (unpaired) electrons. The molecule has 0 spiro atoms. The lowest BCUT2D eigenvalue weighted by Gasteiger charge is -2.32. The molecule has 3 rings (SSSR count). The van der Waals surface area contributed by atoms with Gasteiger partial charge in [0.05, 0.1) is 11.4 Å². The quantitative estimate of drug-likeness (QED) is 0.885. The molecular weight excluding hydrogens is 252 g/mol. The van der Waals surface area contributed by atoms with Gasteiger partial charge in [-0.1, -0.05) is 15.9 Å². The van der Waals surface area contributed by atoms with Gasteiger partial charge in [0.2, 0.25) is 0 Å². The van der Waals surface area contributed by atoms with E-state index >= 15 is 0 Å². The third kappa shape index (κ3) is 1.98. The van der Waals surface area contributed by atoms with Gasteiger partial charge >= 0.3 is 0 Å². The summed E-state index contributed by atoms with van der Waals surface area (Å²) in [6.07, 6.45) is 2.85. The molecule has 0 bridgehead atoms. The molecule has 80 valence electrons. The Hall–Kier alpha value is -0.700. The predicted octanol–water partition coefficient (Wildman–Crippen LogP) is 3.09. The molecule has 3 heteroatoms. The Morgan fingerprint density at radius 3 is 3.07 bits per heavy atom. The molecule has 1 saturated carbocycles. The fraction of sp³-hybridized carbons (Fsp3) is 0.500. The minimum atomic E-state index is 0.954. The highest BCUT2D eigenvalue weighted by Gasteiger charge is 2.26. The molecule has 1 aromatic rings. The van der Waals surface area contributed by atoms with E-state index in [2.05, 4.69) is 44.3 Å². The summed E-state index contributed by atoms with van der Waals surface area (Å²) in [5, 5.41) is 3.45. The number of hydrogen-bond acceptors (Lipinski definition) is 2. The van der Waals surface area contributed by atoms with Gasteiger partial charge in [-0.25, -0.2) is 0 Å². The van der Waals surface area contributed by atoms with Gasteiger partial charge in [-0.3, -0.25) is 0 Å². The largest absolute Gasteiger partial charge is 0.382 e. The van der Waals surface area contributed by atoms with Crippen LogP contribution in [0.4, 0.5) is 11.4 Å². The summed E-state index contributed by atoms with van der Waals surface area (Å²) in [6.45, 7) is 3.45. The van der Waals surface area contributed by atoms with E-state index in [0.717, 1.165) is 19.0 Å². The predicted molar refractivity (Wildman–Crippen MR) is 67.6 cm³/mol. The zero-order valence-electron chi connectivity index (χ0n) is 8.67. The molecular formula is C12H15BrN2. The molecule has 0 unspecified atom stereocenters. The van der Waals surface area contributed by atoms with Gasteiger partial charge in [-0.15, -0.1) is 0 Å². The Labute approximate surface area is 98.8 Å². The van der Waals surface area contributed by atoms with Crippen molar-refractivity contribution in [2.45, 2.75) is 12.8 Å². The van der Waals surface area contributed by atoms with Gasteiger partial charge in [0, 0.05) is 24.1 Å². The summed E-state index contributed by atoms with van der Waals surface area (Å²) in [5.74, 6) is 0.954. The molecule has 1 aliphatic heterocycles. The maximum Gasteiger partial charge on any atom is 0.0614 e. The highest BCUT2D eigenvalue weighted by atomic mass is 79.9. The highest BCUT2D eigenvalue weighted by molar-refractivity contribution is 9.10. The smallest absolute Gasteiger partial charge is 0.0614 e. The van der Waals surface area contributed by atoms with Crippen molar-refractivity contribution in [2.24, 2.45) is 5.92 Å². The van der Waals surface area contributed by atoms with Crippen molar-refractivity contribution < 1.29 is 0 Å². The number of fused-ring (bicyclic) bond motifs is 1. The molecule has 1 heterocycles. The first-order chi connectivity index (χ1) is 7.33. The van der Waals surface area contributed by atoms with E-state index in [9.17, 15) is 0 Å². The van der Waals surface area contributed by atoms with E-state index < -0.39 is 0 Å². The Morgan fingerprint density at radius 2 is 2.27 bits per heavy atom. The van der Waals surface area contributed by atoms with Crippen molar-refractivity contribution in [2.75, 3.05) is 29.9 Å². The third-order valence-corrected chi connectivity index (χ3v) is 3.67. The van der Waals surface area contributed by atoms with Gasteiger partial charge < -0.3 is 10.2 Å². The van der Waals surface area contributed by atoms with E-state index in [-0.39, 0.29) is 0 Å². The number of rotatable bonds is 2. The molecule has 0 atom stereocenters. The van der Waals surface area contributed by atoms with Crippen molar-refractivity contribution >= 4 is 27.3 Å². The molecule has 1 aliphatic carbocycles. The van der Waals surface area contributed by atoms with E-state index in [4.69, 9.17) is 0 Å². The zero-order chi connectivity index (χ0) is 10.3. The van der Waals surface area contributed by atoms with Crippen LogP contribution in [0.3, 0.4) is 0 Å². The number of anilines is 2. The molecule has 0 aromatic heterocycles. The minimum Gasteiger partial charge on any atom is -0.382 e. The molecule has 1 fully saturated rings. The van der Waals surface area contributed by atoms with E-state index in [1.807, 2.05) is 0 Å². The molecule has 0 saturated heterocycles. The van der Waals surface area contributed by atoms with Gasteiger partial charge in [0.1, 0.15) is 0 Å². The molecule has 0 amide bonds. The first kappa shape index (κ1) is 9.52. The monoisotopic (exact) mass is 266 g/mol. The second kappa shape index (κ2) is 3.71. The zero-order valence-corrected chi connectivity index (χ0v) is 10.3. The van der Waals surface area contributed by atoms with Crippen LogP contribution in [0.2, 0.25) is 0 Å². The normalized spacial score (nSPS) is 19.7. The second-order valence-corrected chi connectivity index (χ2v) is 5.39. The van der Waals surface area contributed by atoms with Crippen LogP contribution in [-0.2, 0) is 0 Å². The minimum absolute atomic E-state index is 0.954. The summed E-state index contributed by atoms with van der Waals surface area (Å²) < 4.78 is 1.17. The average molecular weight is 267 g/mol. The fourth-order valence-electron chi connectivity index (χ4n) is 2.16. The molecule has 1 N–H and O–H groups in total. The molecule has 2 nitrogen and oxygen atoms in total. The van der Waals surface area contributed by atoms with Gasteiger partial charge in [-0.05, 0) is 37.0 Å². The number of hydrogen-bond donors (Lipinski definition) is 1. The van der Waals surface area contributed by atoms with Crippen LogP contribution in [0, 0.1) is 5.92 Å².